The van der Waals surface area contributed by atoms with Crippen LogP contribution in [0.3, 0.4) is 0 Å². The summed E-state index contributed by atoms with van der Waals surface area (Å²) in [6, 6.07) is 11.3. The van der Waals surface area contributed by atoms with Crippen molar-refractivity contribution in [2.75, 3.05) is 19.0 Å². The fourth-order valence-electron chi connectivity index (χ4n) is 1.91. The van der Waals surface area contributed by atoms with Crippen LogP contribution in [-0.2, 0) is 4.79 Å². The predicted molar refractivity (Wildman–Crippen MR) is 79.4 cm³/mol. The number of carbonyl (C=O) groups excluding carboxylic acids is 1. The van der Waals surface area contributed by atoms with Crippen LogP contribution in [0.4, 0.5) is 5.69 Å². The van der Waals surface area contributed by atoms with E-state index < -0.39 is 5.97 Å². The molecule has 20 heavy (non-hydrogen) atoms. The zero-order valence-electron chi connectivity index (χ0n) is 11.3. The van der Waals surface area contributed by atoms with Crippen molar-refractivity contribution in [1.29, 1.82) is 0 Å². The smallest absolute Gasteiger partial charge is 0.328 e. The molecule has 0 fully saturated rings. The van der Waals surface area contributed by atoms with Gasteiger partial charge in [-0.25, -0.2) is 4.79 Å². The average molecular weight is 269 g/mol. The van der Waals surface area contributed by atoms with Gasteiger partial charge in [-0.05, 0) is 35.0 Å². The second kappa shape index (κ2) is 5.57. The number of carboxylic acid groups (broad SMARTS) is 1. The van der Waals surface area contributed by atoms with Crippen LogP contribution in [0.5, 0.6) is 0 Å². The summed E-state index contributed by atoms with van der Waals surface area (Å²) in [5.74, 6) is -1.44. The molecule has 0 saturated heterocycles. The zero-order chi connectivity index (χ0) is 14.7. The van der Waals surface area contributed by atoms with Crippen molar-refractivity contribution in [3.05, 3.63) is 54.1 Å². The summed E-state index contributed by atoms with van der Waals surface area (Å²) < 4.78 is 0. The third kappa shape index (κ3) is 3.03. The Morgan fingerprint density at radius 1 is 1.00 bits per heavy atom. The van der Waals surface area contributed by atoms with E-state index in [-0.39, 0.29) is 5.78 Å². The van der Waals surface area contributed by atoms with Crippen LogP contribution >= 0.6 is 0 Å². The van der Waals surface area contributed by atoms with E-state index in [2.05, 4.69) is 0 Å². The maximum atomic E-state index is 11.8. The van der Waals surface area contributed by atoms with Crippen LogP contribution in [-0.4, -0.2) is 31.0 Å². The number of anilines is 1. The minimum atomic E-state index is -1.13. The van der Waals surface area contributed by atoms with Crippen molar-refractivity contribution in [3.8, 4) is 0 Å². The third-order valence-corrected chi connectivity index (χ3v) is 3.00. The molecule has 0 saturated carbocycles. The lowest BCUT2D eigenvalue weighted by atomic mass is 10.0. The highest BCUT2D eigenvalue weighted by Gasteiger charge is 2.05. The van der Waals surface area contributed by atoms with E-state index in [1.807, 2.05) is 43.3 Å². The van der Waals surface area contributed by atoms with E-state index in [1.165, 1.54) is 0 Å². The highest BCUT2D eigenvalue weighted by molar-refractivity contribution is 6.08. The Bertz CT molecular complexity index is 702. The summed E-state index contributed by atoms with van der Waals surface area (Å²) in [5, 5.41) is 10.5. The van der Waals surface area contributed by atoms with E-state index in [4.69, 9.17) is 5.11 Å². The molecule has 0 amide bonds. The number of carbonyl (C=O) groups is 2. The van der Waals surface area contributed by atoms with E-state index in [1.54, 1.807) is 12.1 Å². The van der Waals surface area contributed by atoms with Gasteiger partial charge in [0.05, 0.1) is 0 Å². The number of nitrogens with zero attached hydrogens (tertiary/aromatic N) is 1. The average Bonchev–Trinajstić information content (AvgIpc) is 2.43. The first kappa shape index (κ1) is 13.8. The van der Waals surface area contributed by atoms with Gasteiger partial charge in [-0.2, -0.15) is 0 Å². The quantitative estimate of drug-likeness (QED) is 0.685. The Labute approximate surface area is 116 Å². The Balaban J connectivity index is 2.37. The highest BCUT2D eigenvalue weighted by atomic mass is 16.4. The SMILES string of the molecule is CN(C)c1ccc2cc(C(=O)/C=C/C(=O)O)ccc2c1. The Hall–Kier alpha value is -2.62. The fraction of sp³-hybridized carbons (Fsp3) is 0.125. The maximum absolute atomic E-state index is 11.8. The molecular formula is C16H15NO3. The van der Waals surface area contributed by atoms with Gasteiger partial charge in [0.15, 0.2) is 5.78 Å². The third-order valence-electron chi connectivity index (χ3n) is 3.00. The van der Waals surface area contributed by atoms with Gasteiger partial charge in [0.1, 0.15) is 0 Å². The number of aliphatic carboxylic acids is 1. The predicted octanol–water partition coefficient (Wildman–Crippen LogP) is 2.73. The first-order chi connectivity index (χ1) is 9.47. The van der Waals surface area contributed by atoms with Gasteiger partial charge in [-0.15, -0.1) is 0 Å². The van der Waals surface area contributed by atoms with Gasteiger partial charge in [0, 0.05) is 31.4 Å². The molecule has 0 aliphatic rings. The van der Waals surface area contributed by atoms with Crippen molar-refractivity contribution in [1.82, 2.24) is 0 Å². The van der Waals surface area contributed by atoms with Gasteiger partial charge >= 0.3 is 5.97 Å². The fourth-order valence-corrected chi connectivity index (χ4v) is 1.91. The number of fused-ring (bicyclic) bond motifs is 1. The van der Waals surface area contributed by atoms with Crippen LogP contribution in [0.15, 0.2) is 48.6 Å². The normalized spacial score (nSPS) is 10.9. The van der Waals surface area contributed by atoms with E-state index in [0.29, 0.717) is 5.56 Å². The molecule has 4 heteroatoms. The molecular weight excluding hydrogens is 254 g/mol. The lowest BCUT2D eigenvalue weighted by Crippen LogP contribution is -2.08. The van der Waals surface area contributed by atoms with Crippen LogP contribution in [0.25, 0.3) is 10.8 Å². The van der Waals surface area contributed by atoms with E-state index in [9.17, 15) is 9.59 Å². The molecule has 2 aromatic rings. The molecule has 0 heterocycles. The van der Waals surface area contributed by atoms with Crippen molar-refractivity contribution in [2.45, 2.75) is 0 Å². The molecule has 0 radical (unpaired) electrons. The summed E-state index contributed by atoms with van der Waals surface area (Å²) in [6.07, 6.45) is 1.92. The van der Waals surface area contributed by atoms with E-state index in [0.717, 1.165) is 28.6 Å². The number of allylic oxidation sites excluding steroid dienone is 1. The lowest BCUT2D eigenvalue weighted by Gasteiger charge is -2.13. The number of benzene rings is 2. The summed E-state index contributed by atoms with van der Waals surface area (Å²) in [6.45, 7) is 0. The second-order valence-corrected chi connectivity index (χ2v) is 4.68. The first-order valence-corrected chi connectivity index (χ1v) is 6.14. The minimum absolute atomic E-state index is 0.314. The molecule has 1 N–H and O–H groups in total. The monoisotopic (exact) mass is 269 g/mol. The Kier molecular flexibility index (Phi) is 3.84. The molecule has 0 aliphatic carbocycles. The molecule has 0 aromatic heterocycles. The number of hydrogen-bond acceptors (Lipinski definition) is 3. The van der Waals surface area contributed by atoms with Gasteiger partial charge in [-0.3, -0.25) is 4.79 Å². The van der Waals surface area contributed by atoms with Gasteiger partial charge in [0.2, 0.25) is 0 Å². The number of hydrogen-bond donors (Lipinski definition) is 1. The lowest BCUT2D eigenvalue weighted by molar-refractivity contribution is -0.131. The standard InChI is InChI=1S/C16H15NO3/c1-17(2)14-6-5-11-9-13(4-3-12(11)10-14)15(18)7-8-16(19)20/h3-10H,1-2H3,(H,19,20)/b8-7+. The highest BCUT2D eigenvalue weighted by Crippen LogP contribution is 2.22. The molecule has 0 spiro atoms. The Morgan fingerprint density at radius 2 is 1.65 bits per heavy atom. The van der Waals surface area contributed by atoms with Crippen molar-refractivity contribution in [3.63, 3.8) is 0 Å². The zero-order valence-corrected chi connectivity index (χ0v) is 11.3. The second-order valence-electron chi connectivity index (χ2n) is 4.68. The van der Waals surface area contributed by atoms with Gasteiger partial charge < -0.3 is 10.0 Å². The number of rotatable bonds is 4. The summed E-state index contributed by atoms with van der Waals surface area (Å²) >= 11 is 0. The summed E-state index contributed by atoms with van der Waals surface area (Å²) in [7, 11) is 3.94. The number of carboxylic acids is 1. The molecule has 0 bridgehead atoms. The maximum Gasteiger partial charge on any atom is 0.328 e. The molecule has 2 aromatic carbocycles. The molecule has 102 valence electrons. The topological polar surface area (TPSA) is 57.6 Å². The van der Waals surface area contributed by atoms with Gasteiger partial charge in [-0.1, -0.05) is 18.2 Å². The van der Waals surface area contributed by atoms with E-state index >= 15 is 0 Å². The minimum Gasteiger partial charge on any atom is -0.478 e. The molecule has 0 atom stereocenters. The van der Waals surface area contributed by atoms with Crippen molar-refractivity contribution < 1.29 is 14.7 Å². The molecule has 2 rings (SSSR count). The van der Waals surface area contributed by atoms with Crippen molar-refractivity contribution in [2.24, 2.45) is 0 Å². The molecule has 0 aliphatic heterocycles. The van der Waals surface area contributed by atoms with Crippen LogP contribution in [0.1, 0.15) is 10.4 Å². The van der Waals surface area contributed by atoms with Crippen molar-refractivity contribution >= 4 is 28.2 Å². The molecule has 0 unspecified atom stereocenters. The Morgan fingerprint density at radius 3 is 2.30 bits per heavy atom. The van der Waals surface area contributed by atoms with Crippen LogP contribution < -0.4 is 4.90 Å². The first-order valence-electron chi connectivity index (χ1n) is 6.14. The molecule has 4 nitrogen and oxygen atoms in total. The van der Waals surface area contributed by atoms with Gasteiger partial charge in [0.25, 0.3) is 0 Å². The summed E-state index contributed by atoms with van der Waals surface area (Å²) in [5.41, 5.74) is 1.56. The summed E-state index contributed by atoms with van der Waals surface area (Å²) in [4.78, 5) is 24.2. The van der Waals surface area contributed by atoms with Crippen LogP contribution in [0, 0.1) is 0 Å². The van der Waals surface area contributed by atoms with Crippen LogP contribution in [0.2, 0.25) is 0 Å². The number of ketones is 1. The largest absolute Gasteiger partial charge is 0.478 e.